The molecule has 1 aliphatic rings. The third-order valence-corrected chi connectivity index (χ3v) is 4.99. The zero-order valence-corrected chi connectivity index (χ0v) is 14.4. The zero-order chi connectivity index (χ0) is 17.3. The van der Waals surface area contributed by atoms with Gasteiger partial charge in [0.1, 0.15) is 0 Å². The van der Waals surface area contributed by atoms with E-state index in [4.69, 9.17) is 5.11 Å². The van der Waals surface area contributed by atoms with Gasteiger partial charge in [-0.1, -0.05) is 0 Å². The molecule has 2 aromatic rings. The lowest BCUT2D eigenvalue weighted by molar-refractivity contribution is 0.0707. The maximum atomic E-state index is 13.1. The Morgan fingerprint density at radius 1 is 1.50 bits per heavy atom. The number of aromatic nitrogens is 3. The number of likely N-dealkylation sites (N-methyl/N-ethyl adjacent to an activating group) is 1. The molecule has 0 unspecified atom stereocenters. The molecule has 0 radical (unpaired) electrons. The molecule has 2 atom stereocenters. The highest BCUT2D eigenvalue weighted by Gasteiger charge is 2.37. The monoisotopic (exact) mass is 331 g/mol. The van der Waals surface area contributed by atoms with Crippen molar-refractivity contribution in [1.82, 2.24) is 24.6 Å². The Balaban J connectivity index is 1.80. The van der Waals surface area contributed by atoms with E-state index in [0.29, 0.717) is 12.1 Å². The van der Waals surface area contributed by atoms with Crippen LogP contribution in [0.5, 0.6) is 0 Å². The van der Waals surface area contributed by atoms with Gasteiger partial charge in [-0.3, -0.25) is 14.4 Å². The molecule has 3 rings (SSSR count). The number of amides is 1. The fraction of sp³-hybridized carbons (Fsp3) is 0.529. The fourth-order valence-electron chi connectivity index (χ4n) is 3.62. The quantitative estimate of drug-likeness (QED) is 0.855. The number of H-pyrrole nitrogens is 1. The van der Waals surface area contributed by atoms with Crippen LogP contribution in [-0.4, -0.2) is 74.4 Å². The van der Waals surface area contributed by atoms with Crippen LogP contribution in [0.3, 0.4) is 0 Å². The lowest BCUT2D eigenvalue weighted by Gasteiger charge is -2.30. The summed E-state index contributed by atoms with van der Waals surface area (Å²) in [5.74, 6) is 0.0440. The zero-order valence-electron chi connectivity index (χ0n) is 14.4. The largest absolute Gasteiger partial charge is 0.395 e. The SMILES string of the molecule is C[C@@H]1[C@H](N(C)CCO)CCN1C(=O)c1c[nH]cc1-c1cnn(C)c1. The van der Waals surface area contributed by atoms with Gasteiger partial charge in [0, 0.05) is 61.9 Å². The number of hydrogen-bond donors (Lipinski definition) is 2. The number of nitrogens with zero attached hydrogens (tertiary/aromatic N) is 4. The molecule has 3 heterocycles. The van der Waals surface area contributed by atoms with Gasteiger partial charge in [-0.05, 0) is 20.4 Å². The van der Waals surface area contributed by atoms with Gasteiger partial charge in [0.15, 0.2) is 0 Å². The summed E-state index contributed by atoms with van der Waals surface area (Å²) < 4.78 is 1.73. The second-order valence-electron chi connectivity index (χ2n) is 6.48. The molecule has 0 aromatic carbocycles. The molecule has 1 fully saturated rings. The van der Waals surface area contributed by atoms with Gasteiger partial charge in [-0.2, -0.15) is 5.10 Å². The molecule has 130 valence electrons. The van der Waals surface area contributed by atoms with Crippen molar-refractivity contribution in [3.63, 3.8) is 0 Å². The number of likely N-dealkylation sites (tertiary alicyclic amines) is 1. The van der Waals surface area contributed by atoms with E-state index in [1.165, 1.54) is 0 Å². The summed E-state index contributed by atoms with van der Waals surface area (Å²) in [5.41, 5.74) is 2.50. The highest BCUT2D eigenvalue weighted by molar-refractivity contribution is 6.01. The smallest absolute Gasteiger partial charge is 0.256 e. The molecule has 1 saturated heterocycles. The molecule has 0 bridgehead atoms. The van der Waals surface area contributed by atoms with Gasteiger partial charge in [-0.25, -0.2) is 0 Å². The predicted octanol–water partition coefficient (Wildman–Crippen LogP) is 0.942. The molecule has 2 aromatic heterocycles. The van der Waals surface area contributed by atoms with E-state index in [1.54, 1.807) is 17.1 Å². The Hall–Kier alpha value is -2.12. The summed E-state index contributed by atoms with van der Waals surface area (Å²) >= 11 is 0. The highest BCUT2D eigenvalue weighted by Crippen LogP contribution is 2.28. The first kappa shape index (κ1) is 16.7. The maximum absolute atomic E-state index is 13.1. The molecule has 0 spiro atoms. The van der Waals surface area contributed by atoms with Crippen LogP contribution >= 0.6 is 0 Å². The van der Waals surface area contributed by atoms with Crippen molar-refractivity contribution in [1.29, 1.82) is 0 Å². The summed E-state index contributed by atoms with van der Waals surface area (Å²) in [5, 5.41) is 13.3. The van der Waals surface area contributed by atoms with Gasteiger partial charge in [0.25, 0.3) is 5.91 Å². The minimum atomic E-state index is 0.0440. The van der Waals surface area contributed by atoms with Gasteiger partial charge < -0.3 is 15.0 Å². The van der Waals surface area contributed by atoms with E-state index in [2.05, 4.69) is 21.9 Å². The number of carbonyl (C=O) groups is 1. The minimum Gasteiger partial charge on any atom is -0.395 e. The number of aromatic amines is 1. The molecule has 1 aliphatic heterocycles. The Morgan fingerprint density at radius 2 is 2.29 bits per heavy atom. The van der Waals surface area contributed by atoms with E-state index in [1.807, 2.05) is 31.4 Å². The summed E-state index contributed by atoms with van der Waals surface area (Å²) in [4.78, 5) is 20.2. The number of hydrogen-bond acceptors (Lipinski definition) is 4. The average molecular weight is 331 g/mol. The second kappa shape index (κ2) is 6.78. The van der Waals surface area contributed by atoms with E-state index in [0.717, 1.165) is 24.1 Å². The molecule has 7 nitrogen and oxygen atoms in total. The van der Waals surface area contributed by atoms with E-state index >= 15 is 0 Å². The number of aliphatic hydroxyl groups excluding tert-OH is 1. The van der Waals surface area contributed by atoms with Crippen molar-refractivity contribution >= 4 is 5.91 Å². The van der Waals surface area contributed by atoms with Crippen LogP contribution in [0.15, 0.2) is 24.8 Å². The Bertz CT molecular complexity index is 707. The first-order chi connectivity index (χ1) is 11.5. The summed E-state index contributed by atoms with van der Waals surface area (Å²) in [6, 6.07) is 0.396. The molecule has 1 amide bonds. The van der Waals surface area contributed by atoms with Gasteiger partial charge in [0.05, 0.1) is 18.4 Å². The van der Waals surface area contributed by atoms with Crippen LogP contribution in [0.4, 0.5) is 0 Å². The second-order valence-corrected chi connectivity index (χ2v) is 6.48. The van der Waals surface area contributed by atoms with Crippen molar-refractivity contribution < 1.29 is 9.90 Å². The Morgan fingerprint density at radius 3 is 2.96 bits per heavy atom. The summed E-state index contributed by atoms with van der Waals surface area (Å²) in [6.45, 7) is 3.58. The van der Waals surface area contributed by atoms with Gasteiger partial charge in [0.2, 0.25) is 0 Å². The first-order valence-corrected chi connectivity index (χ1v) is 8.30. The summed E-state index contributed by atoms with van der Waals surface area (Å²) in [6.07, 6.45) is 8.22. The molecular weight excluding hydrogens is 306 g/mol. The highest BCUT2D eigenvalue weighted by atomic mass is 16.3. The molecular formula is C17H25N5O2. The first-order valence-electron chi connectivity index (χ1n) is 8.30. The Kier molecular flexibility index (Phi) is 4.73. The maximum Gasteiger partial charge on any atom is 0.256 e. The number of nitrogens with one attached hydrogen (secondary N) is 1. The summed E-state index contributed by atoms with van der Waals surface area (Å²) in [7, 11) is 3.87. The fourth-order valence-corrected chi connectivity index (χ4v) is 3.62. The number of carbonyl (C=O) groups excluding carboxylic acids is 1. The molecule has 7 heteroatoms. The molecule has 24 heavy (non-hydrogen) atoms. The minimum absolute atomic E-state index is 0.0440. The van der Waals surface area contributed by atoms with Crippen LogP contribution in [0, 0.1) is 0 Å². The number of rotatable bonds is 5. The lowest BCUT2D eigenvalue weighted by Crippen LogP contribution is -2.44. The van der Waals surface area contributed by atoms with Crippen molar-refractivity contribution in [2.24, 2.45) is 7.05 Å². The molecule has 0 saturated carbocycles. The Labute approximate surface area is 141 Å². The third kappa shape index (κ3) is 2.97. The van der Waals surface area contributed by atoms with Crippen molar-refractivity contribution in [3.8, 4) is 11.1 Å². The average Bonchev–Trinajstić information content (AvgIpc) is 3.25. The van der Waals surface area contributed by atoms with Crippen LogP contribution in [0.2, 0.25) is 0 Å². The number of aryl methyl sites for hydroxylation is 1. The van der Waals surface area contributed by atoms with Crippen molar-refractivity contribution in [3.05, 3.63) is 30.4 Å². The van der Waals surface area contributed by atoms with Crippen LogP contribution < -0.4 is 0 Å². The standard InChI is InChI=1S/C17H25N5O2/c1-12-16(20(2)6-7-23)4-5-22(12)17(24)15-10-18-9-14(15)13-8-19-21(3)11-13/h8-12,16,18,23H,4-7H2,1-3H3/t12-,16-/m1/s1. The molecule has 0 aliphatic carbocycles. The van der Waals surface area contributed by atoms with Crippen LogP contribution in [-0.2, 0) is 7.05 Å². The topological polar surface area (TPSA) is 77.4 Å². The third-order valence-electron chi connectivity index (χ3n) is 4.99. The number of aliphatic hydroxyl groups is 1. The van der Waals surface area contributed by atoms with E-state index in [9.17, 15) is 4.79 Å². The van der Waals surface area contributed by atoms with Crippen LogP contribution in [0.25, 0.3) is 11.1 Å². The van der Waals surface area contributed by atoms with Gasteiger partial charge in [-0.15, -0.1) is 0 Å². The van der Waals surface area contributed by atoms with E-state index in [-0.39, 0.29) is 24.6 Å². The predicted molar refractivity (Wildman–Crippen MR) is 91.6 cm³/mol. The van der Waals surface area contributed by atoms with Crippen LogP contribution in [0.1, 0.15) is 23.7 Å². The molecule has 2 N–H and O–H groups in total. The lowest BCUT2D eigenvalue weighted by atomic mass is 10.1. The van der Waals surface area contributed by atoms with Gasteiger partial charge >= 0.3 is 0 Å². The normalized spacial score (nSPS) is 21.0. The van der Waals surface area contributed by atoms with Crippen molar-refractivity contribution in [2.75, 3.05) is 26.7 Å². The van der Waals surface area contributed by atoms with Crippen molar-refractivity contribution in [2.45, 2.75) is 25.4 Å². The van der Waals surface area contributed by atoms with E-state index < -0.39 is 0 Å².